The molecule has 1 unspecified atom stereocenters. The molecule has 1 N–H and O–H groups in total. The molecule has 1 aliphatic heterocycles. The summed E-state index contributed by atoms with van der Waals surface area (Å²) < 4.78 is 7.71. The standard InChI is InChI=1S/C15H16N4O/c1-2-6-13-12(5-1)18-15(14-9-16-10-19(13)14)17-8-11-4-3-7-20-11/h1-2,5-6,9-11H,3-4,7-8H2,(H,17,18). The van der Waals surface area contributed by atoms with Gasteiger partial charge in [-0.05, 0) is 25.0 Å². The fourth-order valence-electron chi connectivity index (χ4n) is 2.75. The monoisotopic (exact) mass is 268 g/mol. The van der Waals surface area contributed by atoms with Crippen LogP contribution < -0.4 is 5.32 Å². The first kappa shape index (κ1) is 11.7. The minimum absolute atomic E-state index is 0.297. The molecule has 1 aliphatic rings. The maximum absolute atomic E-state index is 5.64. The van der Waals surface area contributed by atoms with E-state index in [0.717, 1.165) is 48.4 Å². The van der Waals surface area contributed by atoms with Crippen molar-refractivity contribution >= 4 is 22.4 Å². The molecule has 0 saturated carbocycles. The van der Waals surface area contributed by atoms with Gasteiger partial charge in [0.15, 0.2) is 5.82 Å². The molecule has 0 amide bonds. The number of nitrogens with zero attached hydrogens (tertiary/aromatic N) is 3. The molecule has 4 rings (SSSR count). The maximum atomic E-state index is 5.64. The molecule has 1 aromatic carbocycles. The number of hydrogen-bond donors (Lipinski definition) is 1. The summed E-state index contributed by atoms with van der Waals surface area (Å²) in [5.41, 5.74) is 3.04. The summed E-state index contributed by atoms with van der Waals surface area (Å²) >= 11 is 0. The molecule has 1 fully saturated rings. The van der Waals surface area contributed by atoms with Crippen LogP contribution in [-0.4, -0.2) is 33.6 Å². The van der Waals surface area contributed by atoms with Crippen LogP contribution in [-0.2, 0) is 4.74 Å². The molecular formula is C15H16N4O. The van der Waals surface area contributed by atoms with Crippen LogP contribution in [0.4, 0.5) is 5.82 Å². The normalized spacial score (nSPS) is 18.9. The number of aromatic nitrogens is 3. The molecule has 5 heteroatoms. The van der Waals surface area contributed by atoms with E-state index < -0.39 is 0 Å². The Morgan fingerprint density at radius 2 is 2.25 bits per heavy atom. The lowest BCUT2D eigenvalue weighted by atomic mass is 10.2. The van der Waals surface area contributed by atoms with Gasteiger partial charge in [0.1, 0.15) is 5.52 Å². The van der Waals surface area contributed by atoms with Crippen molar-refractivity contribution in [3.8, 4) is 0 Å². The summed E-state index contributed by atoms with van der Waals surface area (Å²) in [6, 6.07) is 8.10. The summed E-state index contributed by atoms with van der Waals surface area (Å²) in [6.45, 7) is 1.67. The van der Waals surface area contributed by atoms with Gasteiger partial charge in [-0.25, -0.2) is 9.97 Å². The number of imidazole rings is 1. The average Bonchev–Trinajstić information content (AvgIpc) is 3.16. The topological polar surface area (TPSA) is 51.5 Å². The summed E-state index contributed by atoms with van der Waals surface area (Å²) in [7, 11) is 0. The maximum Gasteiger partial charge on any atom is 0.152 e. The number of fused-ring (bicyclic) bond motifs is 3. The lowest BCUT2D eigenvalue weighted by Gasteiger charge is -2.13. The van der Waals surface area contributed by atoms with E-state index in [-0.39, 0.29) is 0 Å². The van der Waals surface area contributed by atoms with E-state index in [1.807, 2.05) is 30.7 Å². The van der Waals surface area contributed by atoms with Crippen molar-refractivity contribution in [3.05, 3.63) is 36.8 Å². The molecule has 3 aromatic rings. The predicted molar refractivity (Wildman–Crippen MR) is 78.0 cm³/mol. The van der Waals surface area contributed by atoms with E-state index in [9.17, 15) is 0 Å². The molecule has 0 bridgehead atoms. The van der Waals surface area contributed by atoms with Gasteiger partial charge < -0.3 is 10.1 Å². The SMILES string of the molecule is c1ccc2c(c1)nc(NCC1CCCO1)c1cncn12. The van der Waals surface area contributed by atoms with Gasteiger partial charge in [0.05, 0.1) is 29.7 Å². The molecule has 2 aromatic heterocycles. The Labute approximate surface area is 116 Å². The second kappa shape index (κ2) is 4.76. The molecular weight excluding hydrogens is 252 g/mol. The summed E-state index contributed by atoms with van der Waals surface area (Å²) in [6.07, 6.45) is 6.25. The predicted octanol–water partition coefficient (Wildman–Crippen LogP) is 2.47. The fraction of sp³-hybridized carbons (Fsp3) is 0.333. The number of benzene rings is 1. The van der Waals surface area contributed by atoms with E-state index in [1.165, 1.54) is 0 Å². The Morgan fingerprint density at radius 3 is 3.15 bits per heavy atom. The number of para-hydroxylation sites is 2. The van der Waals surface area contributed by atoms with Crippen LogP contribution >= 0.6 is 0 Å². The van der Waals surface area contributed by atoms with Gasteiger partial charge in [0.2, 0.25) is 0 Å². The molecule has 1 atom stereocenters. The Bertz CT molecular complexity index is 746. The highest BCUT2D eigenvalue weighted by atomic mass is 16.5. The third kappa shape index (κ3) is 1.91. The average molecular weight is 268 g/mol. The smallest absolute Gasteiger partial charge is 0.152 e. The quantitative estimate of drug-likeness (QED) is 0.793. The molecule has 102 valence electrons. The van der Waals surface area contributed by atoms with Crippen LogP contribution in [0.2, 0.25) is 0 Å². The van der Waals surface area contributed by atoms with Crippen LogP contribution in [0, 0.1) is 0 Å². The number of hydrogen-bond acceptors (Lipinski definition) is 4. The first-order valence-electron chi connectivity index (χ1n) is 6.98. The minimum atomic E-state index is 0.297. The van der Waals surface area contributed by atoms with Gasteiger partial charge in [-0.2, -0.15) is 0 Å². The van der Waals surface area contributed by atoms with E-state index in [4.69, 9.17) is 9.72 Å². The molecule has 0 spiro atoms. The highest BCUT2D eigenvalue weighted by Crippen LogP contribution is 2.22. The molecule has 0 aliphatic carbocycles. The van der Waals surface area contributed by atoms with Crippen LogP contribution in [0.25, 0.3) is 16.6 Å². The highest BCUT2D eigenvalue weighted by Gasteiger charge is 2.16. The van der Waals surface area contributed by atoms with E-state index >= 15 is 0 Å². The third-order valence-electron chi connectivity index (χ3n) is 3.78. The molecule has 1 saturated heterocycles. The van der Waals surface area contributed by atoms with Gasteiger partial charge in [-0.3, -0.25) is 4.40 Å². The number of rotatable bonds is 3. The van der Waals surface area contributed by atoms with Crippen LogP contribution in [0.5, 0.6) is 0 Å². The Hall–Kier alpha value is -2.14. The number of anilines is 1. The van der Waals surface area contributed by atoms with Gasteiger partial charge in [0.25, 0.3) is 0 Å². The largest absolute Gasteiger partial charge is 0.376 e. The molecule has 5 nitrogen and oxygen atoms in total. The van der Waals surface area contributed by atoms with Gasteiger partial charge >= 0.3 is 0 Å². The number of ether oxygens (including phenoxy) is 1. The summed E-state index contributed by atoms with van der Waals surface area (Å²) in [4.78, 5) is 8.95. The lowest BCUT2D eigenvalue weighted by molar-refractivity contribution is 0.120. The zero-order chi connectivity index (χ0) is 13.4. The Kier molecular flexibility index (Phi) is 2.77. The first-order chi connectivity index (χ1) is 9.92. The Balaban J connectivity index is 1.74. The number of nitrogens with one attached hydrogen (secondary N) is 1. The van der Waals surface area contributed by atoms with E-state index in [0.29, 0.717) is 6.10 Å². The molecule has 0 radical (unpaired) electrons. The van der Waals surface area contributed by atoms with E-state index in [1.54, 1.807) is 0 Å². The van der Waals surface area contributed by atoms with Crippen molar-refractivity contribution < 1.29 is 4.74 Å². The van der Waals surface area contributed by atoms with Crippen LogP contribution in [0.1, 0.15) is 12.8 Å². The lowest BCUT2D eigenvalue weighted by Crippen LogP contribution is -2.19. The summed E-state index contributed by atoms with van der Waals surface area (Å²) in [5, 5.41) is 3.41. The third-order valence-corrected chi connectivity index (χ3v) is 3.78. The van der Waals surface area contributed by atoms with E-state index in [2.05, 4.69) is 20.8 Å². The van der Waals surface area contributed by atoms with Crippen molar-refractivity contribution in [1.29, 1.82) is 0 Å². The summed E-state index contributed by atoms with van der Waals surface area (Å²) in [5.74, 6) is 0.872. The first-order valence-corrected chi connectivity index (χ1v) is 6.98. The van der Waals surface area contributed by atoms with Crippen molar-refractivity contribution in [3.63, 3.8) is 0 Å². The Morgan fingerprint density at radius 1 is 1.30 bits per heavy atom. The van der Waals surface area contributed by atoms with Crippen molar-refractivity contribution in [2.24, 2.45) is 0 Å². The second-order valence-corrected chi connectivity index (χ2v) is 5.11. The zero-order valence-electron chi connectivity index (χ0n) is 11.1. The second-order valence-electron chi connectivity index (χ2n) is 5.11. The highest BCUT2D eigenvalue weighted by molar-refractivity contribution is 5.83. The minimum Gasteiger partial charge on any atom is -0.376 e. The fourth-order valence-corrected chi connectivity index (χ4v) is 2.75. The van der Waals surface area contributed by atoms with Crippen LogP contribution in [0.15, 0.2) is 36.8 Å². The molecule has 20 heavy (non-hydrogen) atoms. The van der Waals surface area contributed by atoms with Gasteiger partial charge in [0, 0.05) is 13.2 Å². The van der Waals surface area contributed by atoms with Gasteiger partial charge in [-0.15, -0.1) is 0 Å². The van der Waals surface area contributed by atoms with Gasteiger partial charge in [-0.1, -0.05) is 12.1 Å². The van der Waals surface area contributed by atoms with Crippen molar-refractivity contribution in [2.45, 2.75) is 18.9 Å². The van der Waals surface area contributed by atoms with Crippen LogP contribution in [0.3, 0.4) is 0 Å². The van der Waals surface area contributed by atoms with Crippen molar-refractivity contribution in [2.75, 3.05) is 18.5 Å². The van der Waals surface area contributed by atoms with Crippen molar-refractivity contribution in [1.82, 2.24) is 14.4 Å². The zero-order valence-corrected chi connectivity index (χ0v) is 11.1. The molecule has 3 heterocycles.